The minimum Gasteiger partial charge on any atom is -0.464 e. The summed E-state index contributed by atoms with van der Waals surface area (Å²) in [5.41, 5.74) is 1.11. The third-order valence-electron chi connectivity index (χ3n) is 2.70. The predicted molar refractivity (Wildman–Crippen MR) is 70.2 cm³/mol. The summed E-state index contributed by atoms with van der Waals surface area (Å²) in [6, 6.07) is 6.23. The summed E-state index contributed by atoms with van der Waals surface area (Å²) in [6.45, 7) is -1.35. The molecular formula is C14H12F2N2O3. The first-order valence-electron chi connectivity index (χ1n) is 5.99. The zero-order valence-corrected chi connectivity index (χ0v) is 11.3. The molecular weight excluding hydrogens is 282 g/mol. The Morgan fingerprint density at radius 1 is 1.29 bits per heavy atom. The van der Waals surface area contributed by atoms with E-state index in [9.17, 15) is 13.6 Å². The third-order valence-corrected chi connectivity index (χ3v) is 2.70. The molecule has 110 valence electrons. The van der Waals surface area contributed by atoms with Crippen LogP contribution in [0.25, 0.3) is 11.3 Å². The number of alkyl halides is 2. The van der Waals surface area contributed by atoms with Gasteiger partial charge in [-0.15, -0.1) is 0 Å². The normalized spacial score (nSPS) is 10.5. The number of methoxy groups -OCH3 is 1. The van der Waals surface area contributed by atoms with Gasteiger partial charge in [0.05, 0.1) is 24.7 Å². The predicted octanol–water partition coefficient (Wildman–Crippen LogP) is 2.84. The van der Waals surface area contributed by atoms with Gasteiger partial charge in [0.1, 0.15) is 5.75 Å². The van der Waals surface area contributed by atoms with Crippen LogP contribution in [-0.4, -0.2) is 29.7 Å². The van der Waals surface area contributed by atoms with E-state index in [0.717, 1.165) is 0 Å². The summed E-state index contributed by atoms with van der Waals surface area (Å²) < 4.78 is 33.8. The van der Waals surface area contributed by atoms with Crippen LogP contribution in [-0.2, 0) is 4.74 Å². The first-order valence-corrected chi connectivity index (χ1v) is 5.99. The molecule has 0 bridgehead atoms. The van der Waals surface area contributed by atoms with Crippen LogP contribution in [0.5, 0.6) is 5.75 Å². The highest BCUT2D eigenvalue weighted by Gasteiger charge is 2.16. The molecule has 0 radical (unpaired) electrons. The van der Waals surface area contributed by atoms with E-state index >= 15 is 0 Å². The highest BCUT2D eigenvalue weighted by Crippen LogP contribution is 2.29. The van der Waals surface area contributed by atoms with Crippen molar-refractivity contribution in [1.29, 1.82) is 0 Å². The zero-order valence-electron chi connectivity index (χ0n) is 11.3. The van der Waals surface area contributed by atoms with E-state index in [-0.39, 0.29) is 11.4 Å². The molecule has 0 saturated carbocycles. The van der Waals surface area contributed by atoms with E-state index in [1.807, 2.05) is 0 Å². The molecule has 0 atom stereocenters. The van der Waals surface area contributed by atoms with E-state index in [1.54, 1.807) is 25.1 Å². The monoisotopic (exact) mass is 294 g/mol. The Balaban J connectivity index is 2.43. The lowest BCUT2D eigenvalue weighted by Gasteiger charge is -2.11. The van der Waals surface area contributed by atoms with Crippen LogP contribution in [0.15, 0.2) is 30.5 Å². The van der Waals surface area contributed by atoms with Crippen molar-refractivity contribution in [3.05, 3.63) is 41.9 Å². The molecule has 0 spiro atoms. The van der Waals surface area contributed by atoms with Crippen LogP contribution in [0.1, 0.15) is 16.2 Å². The molecule has 5 nitrogen and oxygen atoms in total. The number of ether oxygens (including phenoxy) is 2. The Hall–Kier alpha value is -2.57. The lowest BCUT2D eigenvalue weighted by molar-refractivity contribution is -0.0494. The number of aryl methyl sites for hydroxylation is 1. The SMILES string of the molecule is COC(=O)c1ncc(-c2ccccc2OC(F)F)nc1C. The van der Waals surface area contributed by atoms with Gasteiger partial charge in [0.25, 0.3) is 0 Å². The summed E-state index contributed by atoms with van der Waals surface area (Å²) >= 11 is 0. The summed E-state index contributed by atoms with van der Waals surface area (Å²) in [5, 5.41) is 0. The van der Waals surface area contributed by atoms with Crippen molar-refractivity contribution in [2.24, 2.45) is 0 Å². The van der Waals surface area contributed by atoms with Crippen LogP contribution in [0.4, 0.5) is 8.78 Å². The van der Waals surface area contributed by atoms with Gasteiger partial charge in [0.2, 0.25) is 0 Å². The maximum absolute atomic E-state index is 12.4. The molecule has 0 aliphatic carbocycles. The average molecular weight is 294 g/mol. The Bertz CT molecular complexity index is 662. The van der Waals surface area contributed by atoms with Crippen LogP contribution < -0.4 is 4.74 Å². The lowest BCUT2D eigenvalue weighted by atomic mass is 10.1. The molecule has 0 unspecified atom stereocenters. The van der Waals surface area contributed by atoms with Crippen LogP contribution in [0.2, 0.25) is 0 Å². The second kappa shape index (κ2) is 6.25. The number of carbonyl (C=O) groups is 1. The summed E-state index contributed by atoms with van der Waals surface area (Å²) in [4.78, 5) is 19.6. The number of carbonyl (C=O) groups excluding carboxylic acids is 1. The highest BCUT2D eigenvalue weighted by atomic mass is 19.3. The number of halogens is 2. The molecule has 1 heterocycles. The van der Waals surface area contributed by atoms with E-state index in [0.29, 0.717) is 17.0 Å². The lowest BCUT2D eigenvalue weighted by Crippen LogP contribution is -2.09. The molecule has 2 rings (SSSR count). The molecule has 7 heteroatoms. The molecule has 0 N–H and O–H groups in total. The highest BCUT2D eigenvalue weighted by molar-refractivity contribution is 5.88. The fourth-order valence-corrected chi connectivity index (χ4v) is 1.79. The van der Waals surface area contributed by atoms with E-state index in [4.69, 9.17) is 0 Å². The number of aromatic nitrogens is 2. The fourth-order valence-electron chi connectivity index (χ4n) is 1.79. The topological polar surface area (TPSA) is 61.3 Å². The maximum atomic E-state index is 12.4. The number of esters is 1. The van der Waals surface area contributed by atoms with E-state index < -0.39 is 12.6 Å². The Kier molecular flexibility index (Phi) is 4.42. The Morgan fingerprint density at radius 3 is 2.62 bits per heavy atom. The summed E-state index contributed by atoms with van der Waals surface area (Å²) in [6.07, 6.45) is 1.31. The quantitative estimate of drug-likeness (QED) is 0.811. The van der Waals surface area contributed by atoms with Gasteiger partial charge in [0.15, 0.2) is 5.69 Å². The number of nitrogens with zero attached hydrogens (tertiary/aromatic N) is 2. The number of para-hydroxylation sites is 1. The molecule has 0 aliphatic heterocycles. The zero-order chi connectivity index (χ0) is 15.4. The van der Waals surface area contributed by atoms with Crippen molar-refractivity contribution in [1.82, 2.24) is 9.97 Å². The van der Waals surface area contributed by atoms with Crippen molar-refractivity contribution < 1.29 is 23.0 Å². The van der Waals surface area contributed by atoms with Crippen molar-refractivity contribution in [3.63, 3.8) is 0 Å². The smallest absolute Gasteiger partial charge is 0.387 e. The Morgan fingerprint density at radius 2 is 2.00 bits per heavy atom. The second-order valence-corrected chi connectivity index (χ2v) is 4.06. The molecule has 0 amide bonds. The first kappa shape index (κ1) is 14.8. The fraction of sp³-hybridized carbons (Fsp3) is 0.214. The summed E-state index contributed by atoms with van der Waals surface area (Å²) in [7, 11) is 1.24. The number of rotatable bonds is 4. The van der Waals surface area contributed by atoms with Crippen LogP contribution >= 0.6 is 0 Å². The van der Waals surface area contributed by atoms with E-state index in [1.165, 1.54) is 19.4 Å². The number of hydrogen-bond donors (Lipinski definition) is 0. The Labute approximate surface area is 119 Å². The van der Waals surface area contributed by atoms with Gasteiger partial charge in [-0.05, 0) is 19.1 Å². The molecule has 2 aromatic rings. The van der Waals surface area contributed by atoms with Gasteiger partial charge in [-0.25, -0.2) is 14.8 Å². The number of benzene rings is 1. The first-order chi connectivity index (χ1) is 10.0. The van der Waals surface area contributed by atoms with Crippen molar-refractivity contribution in [2.75, 3.05) is 7.11 Å². The van der Waals surface area contributed by atoms with Gasteiger partial charge in [0, 0.05) is 5.56 Å². The molecule has 0 saturated heterocycles. The van der Waals surface area contributed by atoms with Gasteiger partial charge < -0.3 is 9.47 Å². The molecule has 1 aromatic heterocycles. The number of hydrogen-bond acceptors (Lipinski definition) is 5. The average Bonchev–Trinajstić information content (AvgIpc) is 2.46. The van der Waals surface area contributed by atoms with Crippen molar-refractivity contribution >= 4 is 5.97 Å². The third kappa shape index (κ3) is 3.31. The largest absolute Gasteiger partial charge is 0.464 e. The van der Waals surface area contributed by atoms with Gasteiger partial charge >= 0.3 is 12.6 Å². The van der Waals surface area contributed by atoms with Crippen molar-refractivity contribution in [2.45, 2.75) is 13.5 Å². The molecule has 0 fully saturated rings. The maximum Gasteiger partial charge on any atom is 0.387 e. The molecule has 0 aliphatic rings. The van der Waals surface area contributed by atoms with Gasteiger partial charge in [-0.3, -0.25) is 0 Å². The second-order valence-electron chi connectivity index (χ2n) is 4.06. The summed E-state index contributed by atoms with van der Waals surface area (Å²) in [5.74, 6) is -0.615. The molecule has 21 heavy (non-hydrogen) atoms. The molecule has 1 aromatic carbocycles. The van der Waals surface area contributed by atoms with Crippen molar-refractivity contribution in [3.8, 4) is 17.0 Å². The van der Waals surface area contributed by atoms with Gasteiger partial charge in [-0.1, -0.05) is 12.1 Å². The van der Waals surface area contributed by atoms with Crippen LogP contribution in [0, 0.1) is 6.92 Å². The van der Waals surface area contributed by atoms with Gasteiger partial charge in [-0.2, -0.15) is 8.78 Å². The van der Waals surface area contributed by atoms with E-state index in [2.05, 4.69) is 19.4 Å². The van der Waals surface area contributed by atoms with Crippen LogP contribution in [0.3, 0.4) is 0 Å². The standard InChI is InChI=1S/C14H12F2N2O3/c1-8-12(13(19)20-2)17-7-10(18-8)9-5-3-4-6-11(9)21-14(15)16/h3-7,14H,1-2H3. The minimum absolute atomic E-state index is 0.00739. The minimum atomic E-state index is -2.94.